The molecule has 0 radical (unpaired) electrons. The predicted octanol–water partition coefficient (Wildman–Crippen LogP) is 3.89. The van der Waals surface area contributed by atoms with E-state index in [1.807, 2.05) is 24.3 Å². The number of ether oxygens (including phenoxy) is 1. The highest BCUT2D eigenvalue weighted by Gasteiger charge is 2.32. The van der Waals surface area contributed by atoms with E-state index in [0.29, 0.717) is 41.7 Å². The van der Waals surface area contributed by atoms with Crippen LogP contribution in [0.15, 0.2) is 54.6 Å². The number of carbonyl (C=O) groups is 1. The van der Waals surface area contributed by atoms with Crippen molar-refractivity contribution in [2.45, 2.75) is 25.8 Å². The van der Waals surface area contributed by atoms with Crippen LogP contribution in [0.2, 0.25) is 0 Å². The van der Waals surface area contributed by atoms with Crippen molar-refractivity contribution in [2.75, 3.05) is 25.2 Å². The normalized spacial score (nSPS) is 16.7. The average molecular weight is 523 g/mol. The molecule has 0 spiro atoms. The first-order valence-corrected chi connectivity index (χ1v) is 13.8. The van der Waals surface area contributed by atoms with E-state index in [1.165, 1.54) is 6.07 Å². The number of pyridine rings is 1. The minimum absolute atomic E-state index is 0.0447. The van der Waals surface area contributed by atoms with Crippen LogP contribution in [0.3, 0.4) is 0 Å². The molecule has 4 aromatic rings. The molecule has 1 N–H and O–H groups in total. The second kappa shape index (κ2) is 9.93. The van der Waals surface area contributed by atoms with E-state index in [1.54, 1.807) is 43.0 Å². The number of fused-ring (bicyclic) bond motifs is 1. The maximum absolute atomic E-state index is 14.7. The fourth-order valence-electron chi connectivity index (χ4n) is 4.77. The predicted molar refractivity (Wildman–Crippen MR) is 139 cm³/mol. The molecule has 0 saturated carbocycles. The molecule has 1 saturated heterocycles. The van der Waals surface area contributed by atoms with Gasteiger partial charge in [0.05, 0.1) is 47.0 Å². The SMILES string of the molecule is COc1cccc(CCNC(=O)c2cc(-c3ccccc3F)nc3c2c(C)nn3C2CCS(=O)(=O)C2)c1. The lowest BCUT2D eigenvalue weighted by atomic mass is 10.0. The molecule has 192 valence electrons. The summed E-state index contributed by atoms with van der Waals surface area (Å²) in [5.74, 6) is -0.0368. The van der Waals surface area contributed by atoms with Gasteiger partial charge in [-0.05, 0) is 55.7 Å². The van der Waals surface area contributed by atoms with Crippen molar-refractivity contribution in [1.82, 2.24) is 20.1 Å². The van der Waals surface area contributed by atoms with Gasteiger partial charge in [-0.1, -0.05) is 24.3 Å². The van der Waals surface area contributed by atoms with Crippen LogP contribution in [0.25, 0.3) is 22.3 Å². The summed E-state index contributed by atoms with van der Waals surface area (Å²) < 4.78 is 45.9. The number of nitrogens with zero attached hydrogens (tertiary/aromatic N) is 3. The Balaban J connectivity index is 1.53. The van der Waals surface area contributed by atoms with Gasteiger partial charge in [0, 0.05) is 12.1 Å². The van der Waals surface area contributed by atoms with Crippen molar-refractivity contribution in [3.63, 3.8) is 0 Å². The molecule has 2 aromatic heterocycles. The fraction of sp³-hybridized carbons (Fsp3) is 0.296. The molecule has 1 aliphatic heterocycles. The molecule has 2 aromatic carbocycles. The number of rotatable bonds is 7. The standard InChI is InChI=1S/C27H27FN4O4S/c1-17-25-22(27(33)29-12-10-18-6-5-7-20(14-18)36-2)15-24(21-8-3-4-9-23(21)28)30-26(25)32(31-17)19-11-13-37(34,35)16-19/h3-9,14-15,19H,10-13,16H2,1-2H3,(H,29,33). The number of aryl methyl sites for hydroxylation is 1. The number of amides is 1. The third-order valence-corrected chi connectivity index (χ3v) is 8.37. The van der Waals surface area contributed by atoms with Gasteiger partial charge >= 0.3 is 0 Å². The summed E-state index contributed by atoms with van der Waals surface area (Å²) >= 11 is 0. The van der Waals surface area contributed by atoms with Gasteiger partial charge in [-0.25, -0.2) is 22.5 Å². The molecule has 37 heavy (non-hydrogen) atoms. The number of hydrogen-bond acceptors (Lipinski definition) is 6. The van der Waals surface area contributed by atoms with E-state index in [9.17, 15) is 17.6 Å². The van der Waals surface area contributed by atoms with Crippen molar-refractivity contribution in [2.24, 2.45) is 0 Å². The van der Waals surface area contributed by atoms with Gasteiger partial charge in [-0.15, -0.1) is 0 Å². The Hall–Kier alpha value is -3.79. The van der Waals surface area contributed by atoms with Crippen LogP contribution >= 0.6 is 0 Å². The first-order chi connectivity index (χ1) is 17.8. The van der Waals surface area contributed by atoms with Crippen molar-refractivity contribution in [3.8, 4) is 17.0 Å². The lowest BCUT2D eigenvalue weighted by molar-refractivity contribution is 0.0955. The molecular formula is C27H27FN4O4S. The maximum Gasteiger partial charge on any atom is 0.252 e. The number of carbonyl (C=O) groups excluding carboxylic acids is 1. The largest absolute Gasteiger partial charge is 0.497 e. The minimum Gasteiger partial charge on any atom is -0.497 e. The van der Waals surface area contributed by atoms with E-state index in [2.05, 4.69) is 15.4 Å². The third-order valence-electron chi connectivity index (χ3n) is 6.62. The number of benzene rings is 2. The Morgan fingerprint density at radius 2 is 2.00 bits per heavy atom. The summed E-state index contributed by atoms with van der Waals surface area (Å²) in [6, 6.07) is 15.0. The molecule has 1 unspecified atom stereocenters. The van der Waals surface area contributed by atoms with Gasteiger partial charge < -0.3 is 10.1 Å². The summed E-state index contributed by atoms with van der Waals surface area (Å²) in [6.07, 6.45) is 1.00. The van der Waals surface area contributed by atoms with Gasteiger partial charge in [0.2, 0.25) is 0 Å². The topological polar surface area (TPSA) is 103 Å². The van der Waals surface area contributed by atoms with Crippen LogP contribution in [0, 0.1) is 12.7 Å². The number of methoxy groups -OCH3 is 1. The Kier molecular flexibility index (Phi) is 6.68. The van der Waals surface area contributed by atoms with Crippen LogP contribution in [0.4, 0.5) is 4.39 Å². The molecular weight excluding hydrogens is 495 g/mol. The summed E-state index contributed by atoms with van der Waals surface area (Å²) in [4.78, 5) is 18.1. The highest BCUT2D eigenvalue weighted by atomic mass is 32.2. The van der Waals surface area contributed by atoms with Crippen LogP contribution in [-0.4, -0.2) is 54.2 Å². The van der Waals surface area contributed by atoms with E-state index in [4.69, 9.17) is 4.74 Å². The van der Waals surface area contributed by atoms with Crippen molar-refractivity contribution in [1.29, 1.82) is 0 Å². The Labute approximate surface area is 214 Å². The smallest absolute Gasteiger partial charge is 0.252 e. The van der Waals surface area contributed by atoms with E-state index in [0.717, 1.165) is 11.3 Å². The Bertz CT molecular complexity index is 1600. The van der Waals surface area contributed by atoms with Crippen LogP contribution < -0.4 is 10.1 Å². The summed E-state index contributed by atoms with van der Waals surface area (Å²) in [7, 11) is -1.58. The molecule has 10 heteroatoms. The maximum atomic E-state index is 14.7. The van der Waals surface area contributed by atoms with Crippen LogP contribution in [-0.2, 0) is 16.3 Å². The number of nitrogens with one attached hydrogen (secondary N) is 1. The van der Waals surface area contributed by atoms with Crippen molar-refractivity contribution >= 4 is 26.8 Å². The first-order valence-electron chi connectivity index (χ1n) is 12.0. The van der Waals surface area contributed by atoms with Crippen LogP contribution in [0.5, 0.6) is 5.75 Å². The van der Waals surface area contributed by atoms with Crippen LogP contribution in [0.1, 0.15) is 34.1 Å². The fourth-order valence-corrected chi connectivity index (χ4v) is 6.46. The molecule has 1 aliphatic rings. The number of aromatic nitrogens is 3. The zero-order valence-electron chi connectivity index (χ0n) is 20.6. The third kappa shape index (κ3) is 5.06. The van der Waals surface area contributed by atoms with Gasteiger partial charge in [0.25, 0.3) is 5.91 Å². The molecule has 5 rings (SSSR count). The van der Waals surface area contributed by atoms with E-state index < -0.39 is 21.7 Å². The quantitative estimate of drug-likeness (QED) is 0.395. The molecule has 1 amide bonds. The second-order valence-electron chi connectivity index (χ2n) is 9.18. The monoisotopic (exact) mass is 522 g/mol. The average Bonchev–Trinajstić information content (AvgIpc) is 3.42. The molecule has 0 bridgehead atoms. The van der Waals surface area contributed by atoms with Gasteiger partial charge in [-0.3, -0.25) is 4.79 Å². The summed E-state index contributed by atoms with van der Waals surface area (Å²) in [5, 5.41) is 8.07. The molecule has 1 fully saturated rings. The number of sulfone groups is 1. The minimum atomic E-state index is -3.18. The van der Waals surface area contributed by atoms with Crippen molar-refractivity contribution < 1.29 is 22.3 Å². The molecule has 0 aliphatic carbocycles. The van der Waals surface area contributed by atoms with Gasteiger partial charge in [0.15, 0.2) is 15.5 Å². The van der Waals surface area contributed by atoms with E-state index >= 15 is 0 Å². The summed E-state index contributed by atoms with van der Waals surface area (Å²) in [6.45, 7) is 2.14. The van der Waals surface area contributed by atoms with Gasteiger partial charge in [-0.2, -0.15) is 5.10 Å². The zero-order chi connectivity index (χ0) is 26.2. The summed E-state index contributed by atoms with van der Waals surface area (Å²) in [5.41, 5.74) is 2.80. The second-order valence-corrected chi connectivity index (χ2v) is 11.4. The molecule has 8 nitrogen and oxygen atoms in total. The Morgan fingerprint density at radius 3 is 2.73 bits per heavy atom. The van der Waals surface area contributed by atoms with Gasteiger partial charge in [0.1, 0.15) is 11.6 Å². The lowest BCUT2D eigenvalue weighted by Gasteiger charge is -2.13. The Morgan fingerprint density at radius 1 is 1.19 bits per heavy atom. The van der Waals surface area contributed by atoms with E-state index in [-0.39, 0.29) is 28.7 Å². The number of halogens is 1. The number of hydrogen-bond donors (Lipinski definition) is 1. The first kappa shape index (κ1) is 24.9. The zero-order valence-corrected chi connectivity index (χ0v) is 21.4. The highest BCUT2D eigenvalue weighted by Crippen LogP contribution is 2.32. The lowest BCUT2D eigenvalue weighted by Crippen LogP contribution is -2.26. The van der Waals surface area contributed by atoms with Crippen molar-refractivity contribution in [3.05, 3.63) is 77.2 Å². The highest BCUT2D eigenvalue weighted by molar-refractivity contribution is 7.91. The molecule has 1 atom stereocenters. The molecule has 3 heterocycles.